The van der Waals surface area contributed by atoms with Crippen molar-refractivity contribution >= 4 is 17.7 Å². The summed E-state index contributed by atoms with van der Waals surface area (Å²) >= 11 is 0. The van der Waals surface area contributed by atoms with Crippen molar-refractivity contribution < 1.29 is 14.4 Å². The van der Waals surface area contributed by atoms with Crippen LogP contribution in [0, 0.1) is 35.5 Å². The second kappa shape index (κ2) is 4.31. The molecule has 6 rings (SSSR count). The second-order valence-electron chi connectivity index (χ2n) is 6.97. The van der Waals surface area contributed by atoms with E-state index in [9.17, 15) is 14.4 Å². The van der Waals surface area contributed by atoms with Crippen molar-refractivity contribution in [2.24, 2.45) is 35.5 Å². The summed E-state index contributed by atoms with van der Waals surface area (Å²) in [6.45, 7) is 0. The number of nitrogens with zero attached hydrogens (tertiary/aromatic N) is 1. The number of rotatable bonds is 2. The van der Waals surface area contributed by atoms with Crippen LogP contribution >= 0.6 is 0 Å². The standard InChI is InChI=1S/C18H16N2O3/c21-16(9-4-2-1-3-5-9)19-20-17(22)14-10-6-7-11(13-8-12(10)13)15(14)18(20)23/h1-7,10-15H,8H2,(H,19,21). The zero-order valence-corrected chi connectivity index (χ0v) is 12.4. The molecule has 0 spiro atoms. The van der Waals surface area contributed by atoms with Gasteiger partial charge in [0, 0.05) is 5.56 Å². The van der Waals surface area contributed by atoms with Gasteiger partial charge >= 0.3 is 0 Å². The molecule has 3 amide bonds. The number of allylic oxidation sites excluding steroid dienone is 2. The van der Waals surface area contributed by atoms with Crippen molar-refractivity contribution in [3.8, 4) is 0 Å². The van der Waals surface area contributed by atoms with E-state index in [1.807, 2.05) is 6.07 Å². The van der Waals surface area contributed by atoms with Crippen LogP contribution in [0.5, 0.6) is 0 Å². The summed E-state index contributed by atoms with van der Waals surface area (Å²) < 4.78 is 0. The predicted molar refractivity (Wildman–Crippen MR) is 80.5 cm³/mol. The third-order valence-corrected chi connectivity index (χ3v) is 5.91. The van der Waals surface area contributed by atoms with Gasteiger partial charge in [-0.1, -0.05) is 30.4 Å². The second-order valence-corrected chi connectivity index (χ2v) is 6.97. The molecule has 0 radical (unpaired) electrons. The lowest BCUT2D eigenvalue weighted by Crippen LogP contribution is -2.46. The molecule has 6 atom stereocenters. The van der Waals surface area contributed by atoms with Crippen molar-refractivity contribution in [3.63, 3.8) is 0 Å². The molecule has 5 aliphatic rings. The zero-order chi connectivity index (χ0) is 15.7. The van der Waals surface area contributed by atoms with Crippen LogP contribution in [0.25, 0.3) is 0 Å². The van der Waals surface area contributed by atoms with E-state index in [0.29, 0.717) is 17.4 Å². The molecule has 6 unspecified atom stereocenters. The largest absolute Gasteiger partial charge is 0.272 e. The summed E-state index contributed by atoms with van der Waals surface area (Å²) in [5, 5.41) is 0.975. The molecule has 1 heterocycles. The lowest BCUT2D eigenvalue weighted by atomic mass is 9.63. The van der Waals surface area contributed by atoms with Gasteiger partial charge in [-0.25, -0.2) is 0 Å². The van der Waals surface area contributed by atoms with Crippen LogP contribution in [0.1, 0.15) is 16.8 Å². The van der Waals surface area contributed by atoms with Crippen molar-refractivity contribution in [3.05, 3.63) is 48.0 Å². The van der Waals surface area contributed by atoms with Gasteiger partial charge in [0.2, 0.25) is 0 Å². The molecule has 1 aromatic rings. The van der Waals surface area contributed by atoms with E-state index in [1.165, 1.54) is 0 Å². The third kappa shape index (κ3) is 1.65. The number of benzene rings is 1. The van der Waals surface area contributed by atoms with E-state index < -0.39 is 5.91 Å². The highest BCUT2D eigenvalue weighted by molar-refractivity contribution is 6.08. The van der Waals surface area contributed by atoms with Crippen LogP contribution in [0.4, 0.5) is 0 Å². The molecule has 1 aromatic carbocycles. The molecule has 2 bridgehead atoms. The van der Waals surface area contributed by atoms with Gasteiger partial charge in [0.15, 0.2) is 0 Å². The first-order chi connectivity index (χ1) is 11.2. The fourth-order valence-corrected chi connectivity index (χ4v) is 4.82. The molecule has 5 nitrogen and oxygen atoms in total. The lowest BCUT2D eigenvalue weighted by Gasteiger charge is -2.37. The van der Waals surface area contributed by atoms with Gasteiger partial charge in [0.05, 0.1) is 11.8 Å². The summed E-state index contributed by atoms with van der Waals surface area (Å²) in [5.41, 5.74) is 2.95. The van der Waals surface area contributed by atoms with Crippen LogP contribution in [0.3, 0.4) is 0 Å². The smallest absolute Gasteiger partial charge is 0.270 e. The van der Waals surface area contributed by atoms with Crippen LogP contribution < -0.4 is 5.43 Å². The van der Waals surface area contributed by atoms with Gasteiger partial charge in [-0.2, -0.15) is 5.01 Å². The van der Waals surface area contributed by atoms with Crippen LogP contribution in [-0.2, 0) is 9.59 Å². The van der Waals surface area contributed by atoms with Gasteiger partial charge in [-0.3, -0.25) is 19.8 Å². The summed E-state index contributed by atoms with van der Waals surface area (Å²) in [5.74, 6) is 0.00438. The summed E-state index contributed by atoms with van der Waals surface area (Å²) in [6.07, 6.45) is 5.37. The number of carbonyl (C=O) groups excluding carboxylic acids is 3. The minimum atomic E-state index is -0.420. The Morgan fingerprint density at radius 2 is 1.52 bits per heavy atom. The minimum Gasteiger partial charge on any atom is -0.272 e. The summed E-state index contributed by atoms with van der Waals surface area (Å²) in [6, 6.07) is 8.63. The molecule has 23 heavy (non-hydrogen) atoms. The quantitative estimate of drug-likeness (QED) is 0.663. The Hall–Kier alpha value is -2.43. The van der Waals surface area contributed by atoms with Gasteiger partial charge in [0.1, 0.15) is 0 Å². The third-order valence-electron chi connectivity index (χ3n) is 5.91. The Labute approximate surface area is 133 Å². The first kappa shape index (κ1) is 13.0. The normalized spacial score (nSPS) is 39.2. The number of hydrogen-bond donors (Lipinski definition) is 1. The molecule has 1 aliphatic heterocycles. The average molecular weight is 308 g/mol. The maximum atomic E-state index is 12.7. The lowest BCUT2D eigenvalue weighted by molar-refractivity contribution is -0.143. The Kier molecular flexibility index (Phi) is 2.45. The Morgan fingerprint density at radius 3 is 2.09 bits per heavy atom. The molecule has 1 saturated heterocycles. The van der Waals surface area contributed by atoms with Gasteiger partial charge < -0.3 is 0 Å². The van der Waals surface area contributed by atoms with Crippen molar-refractivity contribution in [2.45, 2.75) is 6.42 Å². The molecule has 116 valence electrons. The molecule has 3 fully saturated rings. The van der Waals surface area contributed by atoms with E-state index >= 15 is 0 Å². The molecule has 1 N–H and O–H groups in total. The Morgan fingerprint density at radius 1 is 0.957 bits per heavy atom. The number of carbonyl (C=O) groups is 3. The molecular formula is C18H16N2O3. The monoisotopic (exact) mass is 308 g/mol. The number of nitrogens with one attached hydrogen (secondary N) is 1. The molecular weight excluding hydrogens is 292 g/mol. The van der Waals surface area contributed by atoms with E-state index in [0.717, 1.165) is 11.4 Å². The summed E-state index contributed by atoms with van der Waals surface area (Å²) in [4.78, 5) is 37.7. The Balaban J connectivity index is 1.42. The van der Waals surface area contributed by atoms with Crippen LogP contribution in [-0.4, -0.2) is 22.7 Å². The maximum Gasteiger partial charge on any atom is 0.270 e. The first-order valence-electron chi connectivity index (χ1n) is 8.09. The van der Waals surface area contributed by atoms with Crippen LogP contribution in [0.2, 0.25) is 0 Å². The van der Waals surface area contributed by atoms with Gasteiger partial charge in [-0.05, 0) is 42.2 Å². The van der Waals surface area contributed by atoms with E-state index in [-0.39, 0.29) is 35.5 Å². The molecule has 5 heteroatoms. The van der Waals surface area contributed by atoms with Crippen molar-refractivity contribution in [1.82, 2.24) is 10.4 Å². The Bertz CT molecular complexity index is 721. The average Bonchev–Trinajstić information content (AvgIpc) is 3.37. The number of hydrazine groups is 1. The fraction of sp³-hybridized carbons (Fsp3) is 0.389. The van der Waals surface area contributed by atoms with Gasteiger partial charge in [-0.15, -0.1) is 0 Å². The zero-order valence-electron chi connectivity index (χ0n) is 12.4. The highest BCUT2D eigenvalue weighted by Gasteiger charge is 2.67. The predicted octanol–water partition coefficient (Wildman–Crippen LogP) is 1.38. The van der Waals surface area contributed by atoms with Crippen molar-refractivity contribution in [2.75, 3.05) is 0 Å². The SMILES string of the molecule is O=C(NN1C(=O)C2C3C=CC(C4CC34)C2C1=O)c1ccccc1. The highest BCUT2D eigenvalue weighted by atomic mass is 16.2. The van der Waals surface area contributed by atoms with Crippen LogP contribution in [0.15, 0.2) is 42.5 Å². The van der Waals surface area contributed by atoms with E-state index in [4.69, 9.17) is 0 Å². The molecule has 0 aromatic heterocycles. The molecule has 4 aliphatic carbocycles. The highest BCUT2D eigenvalue weighted by Crippen LogP contribution is 2.65. The van der Waals surface area contributed by atoms with E-state index in [1.54, 1.807) is 24.3 Å². The van der Waals surface area contributed by atoms with Crippen molar-refractivity contribution in [1.29, 1.82) is 0 Å². The fourth-order valence-electron chi connectivity index (χ4n) is 4.82. The number of imide groups is 1. The number of amides is 3. The maximum absolute atomic E-state index is 12.7. The topological polar surface area (TPSA) is 66.5 Å². The summed E-state index contributed by atoms with van der Waals surface area (Å²) in [7, 11) is 0. The first-order valence-corrected chi connectivity index (χ1v) is 8.09. The van der Waals surface area contributed by atoms with E-state index in [2.05, 4.69) is 17.6 Å². The molecule has 2 saturated carbocycles. The minimum absolute atomic E-state index is 0.171. The van der Waals surface area contributed by atoms with Gasteiger partial charge in [0.25, 0.3) is 17.7 Å². The number of hydrogen-bond acceptors (Lipinski definition) is 3.